The van der Waals surface area contributed by atoms with Crippen LogP contribution in [0.25, 0.3) is 5.69 Å². The molecule has 0 saturated carbocycles. The maximum atomic E-state index is 2.27. The van der Waals surface area contributed by atoms with Gasteiger partial charge < -0.3 is 0 Å². The van der Waals surface area contributed by atoms with Crippen molar-refractivity contribution >= 4 is 11.3 Å². The van der Waals surface area contributed by atoms with Crippen molar-refractivity contribution in [2.75, 3.05) is 0 Å². The van der Waals surface area contributed by atoms with Gasteiger partial charge in [-0.05, 0) is 0 Å². The summed E-state index contributed by atoms with van der Waals surface area (Å²) in [6.07, 6.45) is 0. The van der Waals surface area contributed by atoms with Crippen molar-refractivity contribution in [2.45, 2.75) is 13.8 Å². The Kier molecular flexibility index (Phi) is 2.15. The lowest BCUT2D eigenvalue weighted by molar-refractivity contribution is -0.603. The number of thiazole rings is 1. The Hall–Kier alpha value is -1.15. The molecule has 13 heavy (non-hydrogen) atoms. The molecule has 0 aliphatic heterocycles. The van der Waals surface area contributed by atoms with Crippen molar-refractivity contribution in [3.8, 4) is 5.69 Å². The molecule has 1 nitrogen and oxygen atoms in total. The molecule has 1 aromatic heterocycles. The lowest BCUT2D eigenvalue weighted by atomic mass is 10.3. The van der Waals surface area contributed by atoms with Gasteiger partial charge in [0.25, 0.3) is 0 Å². The molecule has 0 saturated heterocycles. The first-order chi connectivity index (χ1) is 6.29. The quantitative estimate of drug-likeness (QED) is 0.609. The molecule has 66 valence electrons. The zero-order valence-electron chi connectivity index (χ0n) is 7.82. The lowest BCUT2D eigenvalue weighted by Crippen LogP contribution is -2.33. The summed E-state index contributed by atoms with van der Waals surface area (Å²) in [7, 11) is 0. The zero-order valence-corrected chi connectivity index (χ0v) is 8.64. The van der Waals surface area contributed by atoms with Crippen LogP contribution in [0.3, 0.4) is 0 Å². The molecule has 0 radical (unpaired) electrons. The standard InChI is InChI=1S/C11H12NS/c1-9-8-13-10(2)12(9)11-6-4-3-5-7-11/h3-8H,1-2H3/q+1. The second-order valence-corrected chi connectivity index (χ2v) is 4.13. The van der Waals surface area contributed by atoms with Gasteiger partial charge in [0.1, 0.15) is 0 Å². The summed E-state index contributed by atoms with van der Waals surface area (Å²) in [4.78, 5) is 0. The average molecular weight is 190 g/mol. The molecule has 2 heteroatoms. The van der Waals surface area contributed by atoms with Gasteiger partial charge in [-0.2, -0.15) is 4.57 Å². The molecule has 0 aliphatic rings. The highest BCUT2D eigenvalue weighted by atomic mass is 32.1. The molecule has 0 bridgehead atoms. The minimum absolute atomic E-state index is 1.25. The zero-order chi connectivity index (χ0) is 9.26. The van der Waals surface area contributed by atoms with Crippen molar-refractivity contribution in [3.05, 3.63) is 46.4 Å². The first-order valence-corrected chi connectivity index (χ1v) is 5.19. The van der Waals surface area contributed by atoms with Crippen LogP contribution < -0.4 is 4.57 Å². The van der Waals surface area contributed by atoms with Crippen LogP contribution in [-0.2, 0) is 0 Å². The van der Waals surface area contributed by atoms with Crippen LogP contribution in [0.15, 0.2) is 35.7 Å². The molecule has 2 aromatic rings. The van der Waals surface area contributed by atoms with E-state index in [0.717, 1.165) is 0 Å². The Morgan fingerprint density at radius 1 is 1.08 bits per heavy atom. The first-order valence-electron chi connectivity index (χ1n) is 4.31. The summed E-state index contributed by atoms with van der Waals surface area (Å²) in [5, 5.41) is 3.51. The molecule has 0 fully saturated rings. The normalized spacial score (nSPS) is 10.3. The third-order valence-corrected chi connectivity index (χ3v) is 3.06. The maximum Gasteiger partial charge on any atom is 0.240 e. The Bertz CT molecular complexity index is 384. The van der Waals surface area contributed by atoms with Crippen molar-refractivity contribution in [1.29, 1.82) is 0 Å². The van der Waals surface area contributed by atoms with E-state index in [1.54, 1.807) is 11.3 Å². The van der Waals surface area contributed by atoms with Crippen molar-refractivity contribution in [1.82, 2.24) is 0 Å². The summed E-state index contributed by atoms with van der Waals surface area (Å²) < 4.78 is 2.27. The van der Waals surface area contributed by atoms with Crippen LogP contribution in [0.2, 0.25) is 0 Å². The number of aromatic nitrogens is 1. The molecule has 0 amide bonds. The molecular formula is C11H12NS+. The topological polar surface area (TPSA) is 3.88 Å². The summed E-state index contributed by atoms with van der Waals surface area (Å²) in [5.74, 6) is 0. The van der Waals surface area contributed by atoms with Crippen LogP contribution >= 0.6 is 11.3 Å². The smallest absolute Gasteiger partial charge is 0.152 e. The van der Waals surface area contributed by atoms with E-state index in [1.807, 2.05) is 6.07 Å². The van der Waals surface area contributed by atoms with Gasteiger partial charge in [-0.1, -0.05) is 29.5 Å². The highest BCUT2D eigenvalue weighted by molar-refractivity contribution is 7.09. The van der Waals surface area contributed by atoms with E-state index in [9.17, 15) is 0 Å². The number of para-hydroxylation sites is 1. The number of rotatable bonds is 1. The maximum absolute atomic E-state index is 2.27. The first kappa shape index (κ1) is 8.45. The van der Waals surface area contributed by atoms with Crippen LogP contribution in [-0.4, -0.2) is 0 Å². The minimum atomic E-state index is 1.25. The van der Waals surface area contributed by atoms with Crippen LogP contribution in [0.1, 0.15) is 10.7 Å². The minimum Gasteiger partial charge on any atom is -0.152 e. The highest BCUT2D eigenvalue weighted by Gasteiger charge is 2.14. The van der Waals surface area contributed by atoms with Gasteiger partial charge in [-0.15, -0.1) is 0 Å². The van der Waals surface area contributed by atoms with E-state index in [2.05, 4.69) is 48.1 Å². The van der Waals surface area contributed by atoms with Crippen LogP contribution in [0, 0.1) is 13.8 Å². The number of benzene rings is 1. The summed E-state index contributed by atoms with van der Waals surface area (Å²) in [6.45, 7) is 4.28. The van der Waals surface area contributed by atoms with Crippen molar-refractivity contribution in [2.24, 2.45) is 0 Å². The van der Waals surface area contributed by atoms with E-state index in [4.69, 9.17) is 0 Å². The fraction of sp³-hybridized carbons (Fsp3) is 0.182. The van der Waals surface area contributed by atoms with Gasteiger partial charge in [0.15, 0.2) is 5.69 Å². The van der Waals surface area contributed by atoms with Crippen LogP contribution in [0.5, 0.6) is 0 Å². The SMILES string of the molecule is Cc1csc(C)[n+]1-c1ccccc1. The van der Waals surface area contributed by atoms with E-state index in [1.165, 1.54) is 16.4 Å². The summed E-state index contributed by atoms with van der Waals surface area (Å²) in [5.41, 5.74) is 2.55. The fourth-order valence-electron chi connectivity index (χ4n) is 1.49. The number of nitrogens with zero attached hydrogens (tertiary/aromatic N) is 1. The molecule has 0 spiro atoms. The predicted molar refractivity (Wildman–Crippen MR) is 55.3 cm³/mol. The third-order valence-electron chi connectivity index (χ3n) is 2.08. The Morgan fingerprint density at radius 3 is 2.31 bits per heavy atom. The molecule has 1 heterocycles. The Balaban J connectivity index is 2.59. The van der Waals surface area contributed by atoms with Gasteiger partial charge in [0, 0.05) is 26.0 Å². The second-order valence-electron chi connectivity index (χ2n) is 3.07. The van der Waals surface area contributed by atoms with Gasteiger partial charge in [-0.3, -0.25) is 0 Å². The highest BCUT2D eigenvalue weighted by Crippen LogP contribution is 2.09. The molecule has 1 aromatic carbocycles. The second kappa shape index (κ2) is 3.30. The molecule has 0 atom stereocenters. The molecule has 0 aliphatic carbocycles. The fourth-order valence-corrected chi connectivity index (χ4v) is 2.29. The monoisotopic (exact) mass is 190 g/mol. The van der Waals surface area contributed by atoms with Crippen molar-refractivity contribution < 1.29 is 4.57 Å². The average Bonchev–Trinajstić information content (AvgIpc) is 2.48. The number of hydrogen-bond acceptors (Lipinski definition) is 1. The van der Waals surface area contributed by atoms with Crippen molar-refractivity contribution in [3.63, 3.8) is 0 Å². The number of hydrogen-bond donors (Lipinski definition) is 0. The van der Waals surface area contributed by atoms with Gasteiger partial charge >= 0.3 is 0 Å². The molecule has 2 rings (SSSR count). The molecular weight excluding hydrogens is 178 g/mol. The molecule has 0 N–H and O–H groups in total. The van der Waals surface area contributed by atoms with E-state index >= 15 is 0 Å². The van der Waals surface area contributed by atoms with Crippen LogP contribution in [0.4, 0.5) is 0 Å². The largest absolute Gasteiger partial charge is 0.240 e. The summed E-state index contributed by atoms with van der Waals surface area (Å²) >= 11 is 1.79. The lowest BCUT2D eigenvalue weighted by Gasteiger charge is -1.94. The van der Waals surface area contributed by atoms with E-state index < -0.39 is 0 Å². The summed E-state index contributed by atoms with van der Waals surface area (Å²) in [6, 6.07) is 10.4. The van der Waals surface area contributed by atoms with E-state index in [0.29, 0.717) is 0 Å². The Labute approximate surface area is 82.3 Å². The van der Waals surface area contributed by atoms with Gasteiger partial charge in [0.05, 0.1) is 5.38 Å². The Morgan fingerprint density at radius 2 is 1.77 bits per heavy atom. The number of aryl methyl sites for hydroxylation is 2. The third kappa shape index (κ3) is 1.49. The van der Waals surface area contributed by atoms with E-state index in [-0.39, 0.29) is 0 Å². The van der Waals surface area contributed by atoms with Gasteiger partial charge in [0.2, 0.25) is 10.7 Å². The molecule has 0 unspecified atom stereocenters. The van der Waals surface area contributed by atoms with Gasteiger partial charge in [-0.25, -0.2) is 0 Å². The predicted octanol–water partition coefficient (Wildman–Crippen LogP) is 2.64.